The summed E-state index contributed by atoms with van der Waals surface area (Å²) in [7, 11) is 0. The number of carbonyl (C=O) groups is 2. The van der Waals surface area contributed by atoms with Gasteiger partial charge in [-0.2, -0.15) is 0 Å². The van der Waals surface area contributed by atoms with E-state index in [4.69, 9.17) is 20.3 Å². The molecule has 100 valence electrons. The predicted octanol–water partition coefficient (Wildman–Crippen LogP) is 0.319. The standard InChI is InChI=1S/C11H21NO5/c1-3-4-10(14)16-8(2)17-11(15)6-5-9(13)7-12/h8-9,13H,3-7,12H2,1-2H3. The highest BCUT2D eigenvalue weighted by atomic mass is 16.7. The highest BCUT2D eigenvalue weighted by Gasteiger charge is 2.14. The van der Waals surface area contributed by atoms with Gasteiger partial charge in [-0.3, -0.25) is 9.59 Å². The average Bonchev–Trinajstić information content (AvgIpc) is 2.25. The van der Waals surface area contributed by atoms with E-state index < -0.39 is 24.3 Å². The van der Waals surface area contributed by atoms with E-state index in [9.17, 15) is 9.59 Å². The van der Waals surface area contributed by atoms with Crippen molar-refractivity contribution >= 4 is 11.9 Å². The van der Waals surface area contributed by atoms with E-state index in [-0.39, 0.29) is 19.4 Å². The van der Waals surface area contributed by atoms with Gasteiger partial charge in [-0.1, -0.05) is 6.92 Å². The summed E-state index contributed by atoms with van der Waals surface area (Å²) in [4.78, 5) is 22.3. The second-order valence-corrected chi connectivity index (χ2v) is 3.73. The van der Waals surface area contributed by atoms with Crippen LogP contribution in [0.25, 0.3) is 0 Å². The lowest BCUT2D eigenvalue weighted by atomic mass is 10.2. The average molecular weight is 247 g/mol. The maximum atomic E-state index is 11.2. The van der Waals surface area contributed by atoms with Gasteiger partial charge in [0.15, 0.2) is 0 Å². The first-order valence-corrected chi connectivity index (χ1v) is 5.76. The maximum absolute atomic E-state index is 11.2. The summed E-state index contributed by atoms with van der Waals surface area (Å²) >= 11 is 0. The molecule has 3 N–H and O–H groups in total. The molecule has 0 aromatic rings. The number of esters is 2. The molecule has 0 heterocycles. The lowest BCUT2D eigenvalue weighted by molar-refractivity contribution is -0.184. The van der Waals surface area contributed by atoms with Crippen LogP contribution < -0.4 is 5.73 Å². The van der Waals surface area contributed by atoms with Gasteiger partial charge in [-0.25, -0.2) is 0 Å². The number of ether oxygens (including phenoxy) is 2. The van der Waals surface area contributed by atoms with Crippen LogP contribution in [0.2, 0.25) is 0 Å². The Morgan fingerprint density at radius 2 is 1.76 bits per heavy atom. The van der Waals surface area contributed by atoms with Gasteiger partial charge in [0.05, 0.1) is 6.10 Å². The van der Waals surface area contributed by atoms with Crippen molar-refractivity contribution in [1.82, 2.24) is 0 Å². The zero-order chi connectivity index (χ0) is 13.3. The summed E-state index contributed by atoms with van der Waals surface area (Å²) < 4.78 is 9.65. The van der Waals surface area contributed by atoms with Gasteiger partial charge in [0.1, 0.15) is 0 Å². The SMILES string of the molecule is CCCC(=O)OC(C)OC(=O)CCC(O)CN. The van der Waals surface area contributed by atoms with Crippen LogP contribution in [0.1, 0.15) is 39.5 Å². The Balaban J connectivity index is 3.76. The molecule has 6 nitrogen and oxygen atoms in total. The molecule has 0 aromatic heterocycles. The minimum atomic E-state index is -0.892. The Bertz CT molecular complexity index is 244. The van der Waals surface area contributed by atoms with Crippen LogP contribution in [0.15, 0.2) is 0 Å². The number of carbonyl (C=O) groups excluding carboxylic acids is 2. The molecule has 0 saturated carbocycles. The monoisotopic (exact) mass is 247 g/mol. The van der Waals surface area contributed by atoms with E-state index in [0.717, 1.165) is 0 Å². The topological polar surface area (TPSA) is 98.8 Å². The van der Waals surface area contributed by atoms with Crippen LogP contribution >= 0.6 is 0 Å². The molecule has 0 saturated heterocycles. The normalized spacial score (nSPS) is 13.9. The van der Waals surface area contributed by atoms with Gasteiger partial charge in [-0.05, 0) is 12.8 Å². The van der Waals surface area contributed by atoms with Gasteiger partial charge >= 0.3 is 11.9 Å². The van der Waals surface area contributed by atoms with Gasteiger partial charge in [0.25, 0.3) is 0 Å². The molecule has 0 rings (SSSR count). The Kier molecular flexibility index (Phi) is 8.35. The smallest absolute Gasteiger partial charge is 0.308 e. The van der Waals surface area contributed by atoms with E-state index >= 15 is 0 Å². The van der Waals surface area contributed by atoms with Crippen molar-refractivity contribution in [3.05, 3.63) is 0 Å². The van der Waals surface area contributed by atoms with Crippen LogP contribution in [-0.2, 0) is 19.1 Å². The highest BCUT2D eigenvalue weighted by Crippen LogP contribution is 2.03. The fourth-order valence-corrected chi connectivity index (χ4v) is 1.12. The van der Waals surface area contributed by atoms with Crippen LogP contribution in [-0.4, -0.2) is 36.0 Å². The molecule has 0 amide bonds. The van der Waals surface area contributed by atoms with Gasteiger partial charge < -0.3 is 20.3 Å². The number of aliphatic hydroxyl groups is 1. The third-order valence-corrected chi connectivity index (χ3v) is 2.00. The lowest BCUT2D eigenvalue weighted by Gasteiger charge is -2.14. The van der Waals surface area contributed by atoms with Gasteiger partial charge in [-0.15, -0.1) is 0 Å². The summed E-state index contributed by atoms with van der Waals surface area (Å²) in [6, 6.07) is 0. The third-order valence-electron chi connectivity index (χ3n) is 2.00. The van der Waals surface area contributed by atoms with Crippen molar-refractivity contribution in [3.63, 3.8) is 0 Å². The van der Waals surface area contributed by atoms with Crippen molar-refractivity contribution in [2.75, 3.05) is 6.54 Å². The largest absolute Gasteiger partial charge is 0.425 e. The first-order chi connectivity index (χ1) is 7.99. The molecular weight excluding hydrogens is 226 g/mol. The number of hydrogen-bond acceptors (Lipinski definition) is 6. The minimum Gasteiger partial charge on any atom is -0.425 e. The van der Waals surface area contributed by atoms with Crippen molar-refractivity contribution in [2.45, 2.75) is 51.9 Å². The van der Waals surface area contributed by atoms with E-state index in [0.29, 0.717) is 12.8 Å². The minimum absolute atomic E-state index is 0.0496. The summed E-state index contributed by atoms with van der Waals surface area (Å²) in [5.41, 5.74) is 5.19. The van der Waals surface area contributed by atoms with Crippen LogP contribution in [0.4, 0.5) is 0 Å². The van der Waals surface area contributed by atoms with Crippen molar-refractivity contribution in [1.29, 1.82) is 0 Å². The lowest BCUT2D eigenvalue weighted by Crippen LogP contribution is -2.24. The summed E-state index contributed by atoms with van der Waals surface area (Å²) in [6.07, 6.45) is -0.327. The highest BCUT2D eigenvalue weighted by molar-refractivity contribution is 5.71. The van der Waals surface area contributed by atoms with Gasteiger partial charge in [0.2, 0.25) is 6.29 Å². The van der Waals surface area contributed by atoms with Crippen LogP contribution in [0.5, 0.6) is 0 Å². The van der Waals surface area contributed by atoms with E-state index in [1.165, 1.54) is 6.92 Å². The van der Waals surface area contributed by atoms with E-state index in [1.807, 2.05) is 6.92 Å². The van der Waals surface area contributed by atoms with Crippen LogP contribution in [0.3, 0.4) is 0 Å². The second-order valence-electron chi connectivity index (χ2n) is 3.73. The Hall–Kier alpha value is -1.14. The molecule has 0 aromatic carbocycles. The maximum Gasteiger partial charge on any atom is 0.308 e. The Morgan fingerprint density at radius 1 is 1.24 bits per heavy atom. The predicted molar refractivity (Wildman–Crippen MR) is 60.8 cm³/mol. The zero-order valence-electron chi connectivity index (χ0n) is 10.3. The summed E-state index contributed by atoms with van der Waals surface area (Å²) in [5.74, 6) is -0.913. The number of rotatable bonds is 8. The molecule has 0 fully saturated rings. The second kappa shape index (κ2) is 8.95. The molecular formula is C11H21NO5. The molecule has 6 heteroatoms. The Labute approximate surface area is 101 Å². The van der Waals surface area contributed by atoms with Crippen molar-refractivity contribution in [2.24, 2.45) is 5.73 Å². The molecule has 0 radical (unpaired) electrons. The molecule has 0 aliphatic carbocycles. The summed E-state index contributed by atoms with van der Waals surface area (Å²) in [6.45, 7) is 3.44. The number of hydrogen-bond donors (Lipinski definition) is 2. The molecule has 0 spiro atoms. The molecule has 0 bridgehead atoms. The van der Waals surface area contributed by atoms with Crippen molar-refractivity contribution < 1.29 is 24.2 Å². The molecule has 2 atom stereocenters. The summed E-state index contributed by atoms with van der Waals surface area (Å²) in [5, 5.41) is 9.14. The quantitative estimate of drug-likeness (QED) is 0.473. The fourth-order valence-electron chi connectivity index (χ4n) is 1.12. The fraction of sp³-hybridized carbons (Fsp3) is 0.818. The third kappa shape index (κ3) is 8.65. The zero-order valence-corrected chi connectivity index (χ0v) is 10.3. The van der Waals surface area contributed by atoms with Gasteiger partial charge in [0, 0.05) is 26.3 Å². The molecule has 0 aliphatic heterocycles. The molecule has 2 unspecified atom stereocenters. The van der Waals surface area contributed by atoms with E-state index in [1.54, 1.807) is 0 Å². The van der Waals surface area contributed by atoms with Crippen LogP contribution in [0, 0.1) is 0 Å². The molecule has 17 heavy (non-hydrogen) atoms. The first kappa shape index (κ1) is 15.9. The first-order valence-electron chi connectivity index (χ1n) is 5.76. The number of nitrogens with two attached hydrogens (primary N) is 1. The molecule has 0 aliphatic rings. The van der Waals surface area contributed by atoms with E-state index in [2.05, 4.69) is 0 Å². The number of aliphatic hydroxyl groups excluding tert-OH is 1. The van der Waals surface area contributed by atoms with Crippen molar-refractivity contribution in [3.8, 4) is 0 Å². The Morgan fingerprint density at radius 3 is 2.24 bits per heavy atom.